The van der Waals surface area contributed by atoms with Gasteiger partial charge < -0.3 is 9.80 Å². The van der Waals surface area contributed by atoms with Gasteiger partial charge in [-0.25, -0.2) is 0 Å². The van der Waals surface area contributed by atoms with E-state index in [1.54, 1.807) is 0 Å². The highest BCUT2D eigenvalue weighted by atomic mass is 35.5. The molecule has 0 atom stereocenters. The molecule has 0 N–H and O–H groups in total. The van der Waals surface area contributed by atoms with Crippen molar-refractivity contribution in [1.82, 2.24) is 0 Å². The van der Waals surface area contributed by atoms with E-state index in [0.29, 0.717) is 0 Å². The summed E-state index contributed by atoms with van der Waals surface area (Å²) in [6.07, 6.45) is 7.73. The lowest BCUT2D eigenvalue weighted by molar-refractivity contribution is -0.684. The van der Waals surface area contributed by atoms with Gasteiger partial charge >= 0.3 is 0 Å². The molecule has 40 heavy (non-hydrogen) atoms. The van der Waals surface area contributed by atoms with E-state index in [2.05, 4.69) is 0 Å². The van der Waals surface area contributed by atoms with Crippen LogP contribution in [0, 0.1) is 0 Å². The Labute approximate surface area is 249 Å². The minimum absolute atomic E-state index is 0. The van der Waals surface area contributed by atoms with E-state index in [0.717, 1.165) is 22.5 Å². The molecule has 0 unspecified atom stereocenters. The molecule has 4 rings (SSSR count). The van der Waals surface area contributed by atoms with Crippen LogP contribution < -0.4 is 18.9 Å². The minimum Gasteiger partial charge on any atom is -0.304 e. The second-order valence-electron chi connectivity index (χ2n) is 9.90. The highest BCUT2D eigenvalue weighted by Crippen LogP contribution is 2.19. The predicted octanol–water partition coefficient (Wildman–Crippen LogP) is 5.66. The van der Waals surface area contributed by atoms with E-state index < -0.39 is 0 Å². The van der Waals surface area contributed by atoms with E-state index >= 15 is 0 Å². The summed E-state index contributed by atoms with van der Waals surface area (Å²) in [5, 5.41) is 0. The maximum atomic E-state index is 13.1. The van der Waals surface area contributed by atoms with Crippen LogP contribution in [0.5, 0.6) is 0 Å². The monoisotopic (exact) mass is 580 g/mol. The number of rotatable bonds is 9. The van der Waals surface area contributed by atoms with Crippen LogP contribution >= 0.6 is 24.8 Å². The van der Waals surface area contributed by atoms with Gasteiger partial charge in [-0.2, -0.15) is 9.13 Å². The Hall–Kier alpha value is -3.74. The molecule has 0 fully saturated rings. The smallest absolute Gasteiger partial charge is 0.293 e. The van der Waals surface area contributed by atoms with Crippen LogP contribution in [0.3, 0.4) is 0 Å². The molecule has 0 saturated carbocycles. The van der Waals surface area contributed by atoms with Crippen molar-refractivity contribution in [3.05, 3.63) is 110 Å². The predicted molar refractivity (Wildman–Crippen MR) is 165 cm³/mol. The zero-order chi connectivity index (χ0) is 27.1. The Balaban J connectivity index is 0.00000280. The van der Waals surface area contributed by atoms with E-state index in [1.807, 2.05) is 156 Å². The normalized spacial score (nSPS) is 10.4. The average Bonchev–Trinajstić information content (AvgIpc) is 2.90. The number of pyridine rings is 2. The van der Waals surface area contributed by atoms with Crippen molar-refractivity contribution < 1.29 is 18.7 Å². The fraction of sp³-hybridized carbons (Fsp3) is 0.250. The van der Waals surface area contributed by atoms with Gasteiger partial charge in [-0.1, -0.05) is 36.4 Å². The zero-order valence-corrected chi connectivity index (χ0v) is 25.0. The van der Waals surface area contributed by atoms with Gasteiger partial charge in [0.25, 0.3) is 11.8 Å². The number of halogens is 2. The van der Waals surface area contributed by atoms with E-state index in [4.69, 9.17) is 0 Å². The van der Waals surface area contributed by atoms with Gasteiger partial charge in [-0.3, -0.25) is 9.59 Å². The molecular weight excluding hydrogens is 543 g/mol. The number of hydrogen-bond donors (Lipinski definition) is 0. The van der Waals surface area contributed by atoms with Crippen molar-refractivity contribution in [2.45, 2.75) is 52.9 Å². The van der Waals surface area contributed by atoms with Crippen molar-refractivity contribution in [2.24, 2.45) is 0 Å². The molecule has 2 amide bonds. The number of aromatic nitrogens is 2. The zero-order valence-electron chi connectivity index (χ0n) is 23.4. The molecule has 210 valence electrons. The molecule has 2 aromatic carbocycles. The Kier molecular flexibility index (Phi) is 12.3. The SMILES string of the molecule is CC(C)N(C(=O)C[n+]1ccc(-c2cc[n+](CC(=O)N(c3ccccc3)C(C)C)cc2)cc1)c1ccccc1.Cl.Cl. The van der Waals surface area contributed by atoms with Crippen LogP contribution in [-0.4, -0.2) is 23.9 Å². The summed E-state index contributed by atoms with van der Waals surface area (Å²) >= 11 is 0. The van der Waals surface area contributed by atoms with E-state index in [1.165, 1.54) is 0 Å². The Morgan fingerprint density at radius 3 is 1.12 bits per heavy atom. The maximum Gasteiger partial charge on any atom is 0.293 e. The van der Waals surface area contributed by atoms with Crippen molar-refractivity contribution >= 4 is 48.0 Å². The van der Waals surface area contributed by atoms with Crippen LogP contribution in [0.2, 0.25) is 0 Å². The van der Waals surface area contributed by atoms with Crippen LogP contribution in [0.15, 0.2) is 110 Å². The summed E-state index contributed by atoms with van der Waals surface area (Å²) in [6, 6.07) is 27.7. The topological polar surface area (TPSA) is 48.4 Å². The van der Waals surface area contributed by atoms with Crippen molar-refractivity contribution in [1.29, 1.82) is 0 Å². The van der Waals surface area contributed by atoms with Gasteiger partial charge in [0.1, 0.15) is 0 Å². The summed E-state index contributed by atoms with van der Waals surface area (Å²) < 4.78 is 3.80. The quantitative estimate of drug-likeness (QED) is 0.240. The number of amides is 2. The fourth-order valence-electron chi connectivity index (χ4n) is 4.61. The number of para-hydroxylation sites is 2. The van der Waals surface area contributed by atoms with Gasteiger partial charge in [0.05, 0.1) is 0 Å². The first-order valence-corrected chi connectivity index (χ1v) is 13.1. The largest absolute Gasteiger partial charge is 0.304 e. The third kappa shape index (κ3) is 8.13. The minimum atomic E-state index is 0. The van der Waals surface area contributed by atoms with Gasteiger partial charge in [0.2, 0.25) is 13.1 Å². The second-order valence-corrected chi connectivity index (χ2v) is 9.90. The lowest BCUT2D eigenvalue weighted by atomic mass is 10.1. The second kappa shape index (κ2) is 15.2. The first-order chi connectivity index (χ1) is 18.3. The first kappa shape index (κ1) is 32.5. The molecule has 0 aliphatic carbocycles. The highest BCUT2D eigenvalue weighted by molar-refractivity contribution is 5.93. The molecule has 0 aliphatic heterocycles. The van der Waals surface area contributed by atoms with Gasteiger partial charge in [-0.15, -0.1) is 24.8 Å². The number of carbonyl (C=O) groups is 2. The number of hydrogen-bond acceptors (Lipinski definition) is 2. The third-order valence-corrected chi connectivity index (χ3v) is 6.39. The summed E-state index contributed by atoms with van der Waals surface area (Å²) in [4.78, 5) is 29.8. The number of carbonyl (C=O) groups excluding carboxylic acids is 2. The van der Waals surface area contributed by atoms with E-state index in [9.17, 15) is 9.59 Å². The van der Waals surface area contributed by atoms with Crippen LogP contribution in [0.25, 0.3) is 11.1 Å². The molecular formula is C32H38Cl2N4O2+2. The standard InChI is InChI=1S/C32H36N4O2.2ClH/c1-25(2)35(29-11-7-5-8-12-29)31(37)23-33-19-15-27(16-20-33)28-17-21-34(22-18-28)24-32(38)36(26(3)4)30-13-9-6-10-14-30;;/h5-22,25-26H,23-24H2,1-4H3;2*1H/q+2;;. The molecule has 8 heteroatoms. The maximum absolute atomic E-state index is 13.1. The summed E-state index contributed by atoms with van der Waals surface area (Å²) in [5.41, 5.74) is 3.90. The molecule has 0 saturated heterocycles. The first-order valence-electron chi connectivity index (χ1n) is 13.1. The fourth-order valence-corrected chi connectivity index (χ4v) is 4.61. The van der Waals surface area contributed by atoms with E-state index in [-0.39, 0.29) is 61.8 Å². The molecule has 6 nitrogen and oxygen atoms in total. The molecule has 0 aliphatic rings. The van der Waals surface area contributed by atoms with Crippen molar-refractivity contribution in [3.8, 4) is 11.1 Å². The Morgan fingerprint density at radius 1 is 0.550 bits per heavy atom. The number of anilines is 2. The van der Waals surface area contributed by atoms with Crippen LogP contribution in [-0.2, 0) is 22.7 Å². The van der Waals surface area contributed by atoms with Crippen molar-refractivity contribution in [3.63, 3.8) is 0 Å². The van der Waals surface area contributed by atoms with Gasteiger partial charge in [0.15, 0.2) is 24.8 Å². The average molecular weight is 582 g/mol. The number of nitrogens with zero attached hydrogens (tertiary/aromatic N) is 4. The lowest BCUT2D eigenvalue weighted by Gasteiger charge is -2.25. The lowest BCUT2D eigenvalue weighted by Crippen LogP contribution is -2.47. The number of benzene rings is 2. The molecule has 2 heterocycles. The molecule has 0 spiro atoms. The Bertz CT molecular complexity index is 1240. The van der Waals surface area contributed by atoms with Crippen LogP contribution in [0.1, 0.15) is 27.7 Å². The highest BCUT2D eigenvalue weighted by Gasteiger charge is 2.23. The molecule has 0 bridgehead atoms. The molecule has 2 aromatic heterocycles. The summed E-state index contributed by atoms with van der Waals surface area (Å²) in [7, 11) is 0. The van der Waals surface area contributed by atoms with Crippen LogP contribution in [0.4, 0.5) is 11.4 Å². The van der Waals surface area contributed by atoms with Gasteiger partial charge in [-0.05, 0) is 63.1 Å². The molecule has 0 radical (unpaired) electrons. The Morgan fingerprint density at radius 2 is 0.850 bits per heavy atom. The summed E-state index contributed by atoms with van der Waals surface area (Å²) in [6.45, 7) is 8.62. The van der Waals surface area contributed by atoms with Crippen molar-refractivity contribution in [2.75, 3.05) is 9.80 Å². The van der Waals surface area contributed by atoms with Gasteiger partial charge in [0, 0.05) is 47.7 Å². The third-order valence-electron chi connectivity index (χ3n) is 6.39. The molecule has 4 aromatic rings. The summed E-state index contributed by atoms with van der Waals surface area (Å²) in [5.74, 6) is 0.0839.